The minimum absolute atomic E-state index is 0.0452. The highest BCUT2D eigenvalue weighted by atomic mass is 16.7. The predicted octanol–water partition coefficient (Wildman–Crippen LogP) is 18.2. The number of unbranched alkanes of at least 4 members (excludes halogenated alkanes) is 29. The van der Waals surface area contributed by atoms with Crippen LogP contribution in [0.4, 0.5) is 0 Å². The molecule has 0 aliphatic carbocycles. The molecule has 1 saturated heterocycles. The molecule has 1 aliphatic rings. The van der Waals surface area contributed by atoms with Crippen molar-refractivity contribution in [1.82, 2.24) is 0 Å². The van der Waals surface area contributed by atoms with Gasteiger partial charge in [0, 0.05) is 19.3 Å². The van der Waals surface area contributed by atoms with E-state index in [4.69, 9.17) is 23.7 Å². The Labute approximate surface area is 505 Å². The van der Waals surface area contributed by atoms with Crippen LogP contribution in [-0.4, -0.2) is 89.2 Å². The molecule has 1 aliphatic heterocycles. The number of carboxylic acids is 1. The molecule has 0 amide bonds. The number of aliphatic hydroxyl groups is 2. The maximum atomic E-state index is 13.2. The van der Waals surface area contributed by atoms with Gasteiger partial charge in [-0.2, -0.15) is 0 Å². The van der Waals surface area contributed by atoms with E-state index in [1.54, 1.807) is 0 Å². The van der Waals surface area contributed by atoms with Gasteiger partial charge >= 0.3 is 23.9 Å². The first kappa shape index (κ1) is 76.9. The van der Waals surface area contributed by atoms with Crippen molar-refractivity contribution in [1.29, 1.82) is 0 Å². The van der Waals surface area contributed by atoms with Crippen LogP contribution in [-0.2, 0) is 42.9 Å². The molecule has 1 heterocycles. The summed E-state index contributed by atoms with van der Waals surface area (Å²) in [5.74, 6) is -3.14. The summed E-state index contributed by atoms with van der Waals surface area (Å²) < 4.78 is 28.6. The Bertz CT molecular complexity index is 1760. The SMILES string of the molecule is CC/C=C\C/C=C\C/C=C\CCCCCCCCCC(=O)OC1C(OCC(COC(=O)CCCCCCCC/C=C\C/C=C\C/C=C\CCCCC)OC(=O)CCCCCCCCC/C=C\CCCCCCCC)OC(C(=O)O)C(O)C1O. The number of carbonyl (C=O) groups is 4. The summed E-state index contributed by atoms with van der Waals surface area (Å²) in [4.78, 5) is 51.4. The summed E-state index contributed by atoms with van der Waals surface area (Å²) in [6, 6.07) is 0. The standard InChI is InChI=1S/C71H120O12/c1-4-7-10-13-16-19-22-25-28-31-32-35-36-39-42-45-48-51-54-57-63(72)79-60-62(81-64(73)58-55-52-49-46-43-40-37-33-29-26-23-20-17-14-11-8-5-2)61-80-71-69(67(76)66(75)68(83-71)70(77)78)82-65(74)59-56-53-50-47-44-41-38-34-30-27-24-21-18-15-12-9-6-3/h9,12,16,18-19,21,25-30,32,35,62,66-69,71,75-76H,4-8,10-11,13-15,17,20,22-24,31,33-34,36-61H2,1-3H3,(H,77,78)/b12-9-,19-16-,21-18-,28-25-,29-26-,30-27-,35-32-. The summed E-state index contributed by atoms with van der Waals surface area (Å²) in [5.41, 5.74) is 0. The van der Waals surface area contributed by atoms with Gasteiger partial charge in [-0.15, -0.1) is 0 Å². The third kappa shape index (κ3) is 47.8. The van der Waals surface area contributed by atoms with Crippen LogP contribution < -0.4 is 0 Å². The lowest BCUT2D eigenvalue weighted by atomic mass is 9.98. The van der Waals surface area contributed by atoms with Crippen LogP contribution in [0.2, 0.25) is 0 Å². The molecule has 12 nitrogen and oxygen atoms in total. The lowest BCUT2D eigenvalue weighted by Crippen LogP contribution is -2.61. The zero-order chi connectivity index (χ0) is 60.3. The van der Waals surface area contributed by atoms with Crippen molar-refractivity contribution in [3.8, 4) is 0 Å². The van der Waals surface area contributed by atoms with E-state index in [1.165, 1.54) is 83.5 Å². The average Bonchev–Trinajstić information content (AvgIpc) is 3.55. The Kier molecular flexibility index (Phi) is 54.0. The molecule has 1 fully saturated rings. The molecule has 6 unspecified atom stereocenters. The molecule has 0 bridgehead atoms. The molecule has 0 saturated carbocycles. The Morgan fingerprint density at radius 2 is 0.759 bits per heavy atom. The summed E-state index contributed by atoms with van der Waals surface area (Å²) in [6.45, 7) is 5.87. The highest BCUT2D eigenvalue weighted by Gasteiger charge is 2.50. The Morgan fingerprint density at radius 1 is 0.410 bits per heavy atom. The molecule has 83 heavy (non-hydrogen) atoms. The van der Waals surface area contributed by atoms with Crippen molar-refractivity contribution < 1.29 is 58.2 Å². The molecule has 0 aromatic heterocycles. The predicted molar refractivity (Wildman–Crippen MR) is 340 cm³/mol. The monoisotopic (exact) mass is 1160 g/mol. The largest absolute Gasteiger partial charge is 0.479 e. The van der Waals surface area contributed by atoms with E-state index in [0.29, 0.717) is 19.3 Å². The number of allylic oxidation sites excluding steroid dienone is 14. The highest BCUT2D eigenvalue weighted by molar-refractivity contribution is 5.74. The van der Waals surface area contributed by atoms with Crippen LogP contribution in [0, 0.1) is 0 Å². The first-order valence-corrected chi connectivity index (χ1v) is 33.6. The zero-order valence-electron chi connectivity index (χ0n) is 52.7. The first-order valence-electron chi connectivity index (χ1n) is 33.6. The molecular weight excluding hydrogens is 1040 g/mol. The molecular formula is C71H120O12. The molecule has 12 heteroatoms. The van der Waals surface area contributed by atoms with Crippen molar-refractivity contribution in [2.45, 2.75) is 327 Å². The minimum atomic E-state index is -1.91. The minimum Gasteiger partial charge on any atom is -0.479 e. The van der Waals surface area contributed by atoms with E-state index in [0.717, 1.165) is 148 Å². The van der Waals surface area contributed by atoms with Crippen molar-refractivity contribution in [3.05, 3.63) is 85.1 Å². The summed E-state index contributed by atoms with van der Waals surface area (Å²) in [6.07, 6.45) is 63.9. The van der Waals surface area contributed by atoms with E-state index in [-0.39, 0.29) is 25.9 Å². The van der Waals surface area contributed by atoms with Gasteiger partial charge in [-0.05, 0) is 116 Å². The van der Waals surface area contributed by atoms with Crippen LogP contribution in [0.5, 0.6) is 0 Å². The molecule has 3 N–H and O–H groups in total. The molecule has 0 aromatic rings. The van der Waals surface area contributed by atoms with E-state index in [9.17, 15) is 34.5 Å². The van der Waals surface area contributed by atoms with E-state index < -0.39 is 67.3 Å². The molecule has 0 aromatic carbocycles. The number of carboxylic acid groups (broad SMARTS) is 1. The fourth-order valence-corrected chi connectivity index (χ4v) is 9.80. The van der Waals surface area contributed by atoms with Gasteiger partial charge in [0.2, 0.25) is 0 Å². The summed E-state index contributed by atoms with van der Waals surface area (Å²) in [5, 5.41) is 31.6. The van der Waals surface area contributed by atoms with Crippen LogP contribution in [0.25, 0.3) is 0 Å². The lowest BCUT2D eigenvalue weighted by molar-refractivity contribution is -0.301. The Balaban J connectivity index is 2.67. The average molecular weight is 1170 g/mol. The van der Waals surface area contributed by atoms with Crippen LogP contribution in [0.15, 0.2) is 85.1 Å². The van der Waals surface area contributed by atoms with Gasteiger partial charge in [0.1, 0.15) is 18.8 Å². The van der Waals surface area contributed by atoms with Gasteiger partial charge < -0.3 is 39.0 Å². The smallest absolute Gasteiger partial charge is 0.335 e. The lowest BCUT2D eigenvalue weighted by Gasteiger charge is -2.40. The molecule has 1 rings (SSSR count). The quantitative estimate of drug-likeness (QED) is 0.0228. The first-order chi connectivity index (χ1) is 40.6. The number of hydrogen-bond donors (Lipinski definition) is 3. The van der Waals surface area contributed by atoms with Crippen LogP contribution in [0.1, 0.15) is 290 Å². The van der Waals surface area contributed by atoms with Crippen LogP contribution in [0.3, 0.4) is 0 Å². The Hall–Kier alpha value is -4.10. The maximum absolute atomic E-state index is 13.2. The molecule has 6 atom stereocenters. The topological polar surface area (TPSA) is 175 Å². The van der Waals surface area contributed by atoms with Gasteiger partial charge in [-0.1, -0.05) is 241 Å². The second-order valence-corrected chi connectivity index (χ2v) is 22.7. The van der Waals surface area contributed by atoms with Crippen LogP contribution >= 0.6 is 0 Å². The fraction of sp³-hybridized carbons (Fsp3) is 0.746. The second kappa shape index (κ2) is 58.3. The van der Waals surface area contributed by atoms with E-state index in [2.05, 4.69) is 106 Å². The van der Waals surface area contributed by atoms with Gasteiger partial charge in [-0.3, -0.25) is 14.4 Å². The van der Waals surface area contributed by atoms with Gasteiger partial charge in [0.05, 0.1) is 6.61 Å². The molecule has 0 radical (unpaired) electrons. The third-order valence-corrected chi connectivity index (χ3v) is 14.9. The number of esters is 3. The van der Waals surface area contributed by atoms with Crippen molar-refractivity contribution in [2.24, 2.45) is 0 Å². The third-order valence-electron chi connectivity index (χ3n) is 14.9. The number of carbonyl (C=O) groups excluding carboxylic acids is 3. The van der Waals surface area contributed by atoms with Gasteiger partial charge in [-0.25, -0.2) is 4.79 Å². The number of hydrogen-bond acceptors (Lipinski definition) is 11. The van der Waals surface area contributed by atoms with Gasteiger partial charge in [0.25, 0.3) is 0 Å². The summed E-state index contributed by atoms with van der Waals surface area (Å²) >= 11 is 0. The number of aliphatic hydroxyl groups excluding tert-OH is 2. The second-order valence-electron chi connectivity index (χ2n) is 22.7. The zero-order valence-corrected chi connectivity index (χ0v) is 52.7. The van der Waals surface area contributed by atoms with E-state index in [1.807, 2.05) is 0 Å². The number of rotatable bonds is 57. The molecule has 476 valence electrons. The highest BCUT2D eigenvalue weighted by Crippen LogP contribution is 2.27. The number of ether oxygens (including phenoxy) is 5. The fourth-order valence-electron chi connectivity index (χ4n) is 9.80. The number of aliphatic carboxylic acids is 1. The molecule has 0 spiro atoms. The van der Waals surface area contributed by atoms with Crippen molar-refractivity contribution in [3.63, 3.8) is 0 Å². The van der Waals surface area contributed by atoms with Crippen molar-refractivity contribution in [2.75, 3.05) is 13.2 Å². The van der Waals surface area contributed by atoms with Crippen molar-refractivity contribution >= 4 is 23.9 Å². The summed E-state index contributed by atoms with van der Waals surface area (Å²) in [7, 11) is 0. The Morgan fingerprint density at radius 3 is 1.19 bits per heavy atom. The normalized spacial score (nSPS) is 18.1. The van der Waals surface area contributed by atoms with Gasteiger partial charge in [0.15, 0.2) is 24.6 Å². The van der Waals surface area contributed by atoms with E-state index >= 15 is 0 Å². The maximum Gasteiger partial charge on any atom is 0.335 e.